The first-order valence-electron chi connectivity index (χ1n) is 7.61. The molecule has 7 heteroatoms. The van der Waals surface area contributed by atoms with Gasteiger partial charge in [0.05, 0.1) is 5.69 Å². The van der Waals surface area contributed by atoms with Crippen molar-refractivity contribution in [3.05, 3.63) is 52.3 Å². The lowest BCUT2D eigenvalue weighted by molar-refractivity contribution is 0.0784. The maximum absolute atomic E-state index is 12.6. The van der Waals surface area contributed by atoms with Gasteiger partial charge in [0.2, 0.25) is 5.01 Å². The Morgan fingerprint density at radius 3 is 2.58 bits per heavy atom. The predicted octanol–water partition coefficient (Wildman–Crippen LogP) is 2.83. The van der Waals surface area contributed by atoms with Crippen LogP contribution in [0.4, 0.5) is 0 Å². The Hall–Kier alpha value is -2.54. The Balaban J connectivity index is 1.78. The van der Waals surface area contributed by atoms with Crippen LogP contribution >= 0.6 is 11.5 Å². The summed E-state index contributed by atoms with van der Waals surface area (Å²) in [6, 6.07) is 9.66. The third-order valence-electron chi connectivity index (χ3n) is 4.04. The summed E-state index contributed by atoms with van der Waals surface area (Å²) in [5, 5.41) is 4.79. The van der Waals surface area contributed by atoms with Crippen LogP contribution in [-0.4, -0.2) is 37.0 Å². The zero-order chi connectivity index (χ0) is 17.3. The summed E-state index contributed by atoms with van der Waals surface area (Å²) in [6.07, 6.45) is 0. The second-order valence-electron chi connectivity index (χ2n) is 5.72. The Bertz CT molecular complexity index is 868. The van der Waals surface area contributed by atoms with Gasteiger partial charge in [-0.3, -0.25) is 9.48 Å². The Morgan fingerprint density at radius 2 is 1.96 bits per heavy atom. The average Bonchev–Trinajstić information content (AvgIpc) is 3.16. The largest absolute Gasteiger partial charge is 0.335 e. The van der Waals surface area contributed by atoms with E-state index in [9.17, 15) is 4.79 Å². The van der Waals surface area contributed by atoms with E-state index in [1.54, 1.807) is 11.9 Å². The highest BCUT2D eigenvalue weighted by Crippen LogP contribution is 2.20. The molecule has 0 saturated carbocycles. The number of hydrogen-bond acceptors (Lipinski definition) is 5. The minimum Gasteiger partial charge on any atom is -0.335 e. The molecule has 2 aromatic heterocycles. The topological polar surface area (TPSA) is 63.9 Å². The fourth-order valence-corrected chi connectivity index (χ4v) is 3.21. The summed E-state index contributed by atoms with van der Waals surface area (Å²) in [6.45, 7) is 4.47. The van der Waals surface area contributed by atoms with Gasteiger partial charge in [0.15, 0.2) is 5.82 Å². The van der Waals surface area contributed by atoms with Gasteiger partial charge in [0.1, 0.15) is 0 Å². The number of amides is 1. The van der Waals surface area contributed by atoms with Crippen LogP contribution in [0.25, 0.3) is 11.4 Å². The lowest BCUT2D eigenvalue weighted by atomic mass is 10.2. The molecule has 0 spiro atoms. The fraction of sp³-hybridized carbons (Fsp3) is 0.294. The van der Waals surface area contributed by atoms with Crippen molar-refractivity contribution in [1.29, 1.82) is 0 Å². The van der Waals surface area contributed by atoms with Gasteiger partial charge in [-0.2, -0.15) is 9.47 Å². The van der Waals surface area contributed by atoms with Crippen molar-refractivity contribution in [2.45, 2.75) is 20.4 Å². The van der Waals surface area contributed by atoms with Crippen molar-refractivity contribution < 1.29 is 4.79 Å². The minimum atomic E-state index is -0.127. The maximum atomic E-state index is 12.6. The van der Waals surface area contributed by atoms with E-state index in [0.29, 0.717) is 17.4 Å². The standard InChI is InChI=1S/C17H19N5OS/c1-11-14(12(2)22(4)19-11)10-21(3)17(23)16-18-15(20-24-16)13-8-6-5-7-9-13/h5-9H,10H2,1-4H3. The summed E-state index contributed by atoms with van der Waals surface area (Å²) in [4.78, 5) is 18.7. The van der Waals surface area contributed by atoms with E-state index in [-0.39, 0.29) is 5.91 Å². The van der Waals surface area contributed by atoms with Crippen molar-refractivity contribution >= 4 is 17.4 Å². The van der Waals surface area contributed by atoms with Gasteiger partial charge in [-0.15, -0.1) is 0 Å². The summed E-state index contributed by atoms with van der Waals surface area (Å²) < 4.78 is 6.14. The van der Waals surface area contributed by atoms with Gasteiger partial charge in [-0.25, -0.2) is 4.98 Å². The second-order valence-corrected chi connectivity index (χ2v) is 6.48. The van der Waals surface area contributed by atoms with Crippen LogP contribution in [0.1, 0.15) is 26.8 Å². The van der Waals surface area contributed by atoms with Crippen LogP contribution in [0.2, 0.25) is 0 Å². The molecule has 3 aromatic rings. The first-order chi connectivity index (χ1) is 11.5. The highest BCUT2D eigenvalue weighted by Gasteiger charge is 2.20. The molecule has 6 nitrogen and oxygen atoms in total. The summed E-state index contributed by atoms with van der Waals surface area (Å²) >= 11 is 1.13. The molecule has 0 aliphatic heterocycles. The Kier molecular flexibility index (Phi) is 4.44. The molecule has 0 saturated heterocycles. The molecule has 124 valence electrons. The molecule has 24 heavy (non-hydrogen) atoms. The average molecular weight is 341 g/mol. The molecule has 3 rings (SSSR count). The van der Waals surface area contributed by atoms with Gasteiger partial charge >= 0.3 is 0 Å². The SMILES string of the molecule is Cc1nn(C)c(C)c1CN(C)C(=O)c1nc(-c2ccccc2)ns1. The number of nitrogens with zero attached hydrogens (tertiary/aromatic N) is 5. The van der Waals surface area contributed by atoms with Gasteiger partial charge in [-0.1, -0.05) is 30.3 Å². The van der Waals surface area contributed by atoms with E-state index in [1.165, 1.54) is 0 Å². The Morgan fingerprint density at radius 1 is 1.25 bits per heavy atom. The zero-order valence-electron chi connectivity index (χ0n) is 14.1. The van der Waals surface area contributed by atoms with Crippen LogP contribution in [0.5, 0.6) is 0 Å². The number of benzene rings is 1. The predicted molar refractivity (Wildman–Crippen MR) is 93.8 cm³/mol. The molecule has 0 radical (unpaired) electrons. The number of aromatic nitrogens is 4. The van der Waals surface area contributed by atoms with E-state index < -0.39 is 0 Å². The van der Waals surface area contributed by atoms with Crippen molar-refractivity contribution in [2.75, 3.05) is 7.05 Å². The van der Waals surface area contributed by atoms with Gasteiger partial charge < -0.3 is 4.90 Å². The van der Waals surface area contributed by atoms with Crippen molar-refractivity contribution in [1.82, 2.24) is 24.0 Å². The quantitative estimate of drug-likeness (QED) is 0.732. The van der Waals surface area contributed by atoms with Crippen LogP contribution in [-0.2, 0) is 13.6 Å². The van der Waals surface area contributed by atoms with Crippen molar-refractivity contribution in [3.8, 4) is 11.4 Å². The molecule has 0 bridgehead atoms. The van der Waals surface area contributed by atoms with E-state index in [2.05, 4.69) is 14.5 Å². The third kappa shape index (κ3) is 3.07. The molecule has 0 N–H and O–H groups in total. The van der Waals surface area contributed by atoms with E-state index >= 15 is 0 Å². The van der Waals surface area contributed by atoms with Crippen molar-refractivity contribution in [3.63, 3.8) is 0 Å². The van der Waals surface area contributed by atoms with Gasteiger partial charge in [-0.05, 0) is 25.4 Å². The molecule has 1 amide bonds. The molecule has 0 unspecified atom stereocenters. The maximum Gasteiger partial charge on any atom is 0.284 e. The molecule has 2 heterocycles. The number of carbonyl (C=O) groups excluding carboxylic acids is 1. The third-order valence-corrected chi connectivity index (χ3v) is 4.74. The second kappa shape index (κ2) is 6.52. The summed E-state index contributed by atoms with van der Waals surface area (Å²) in [5.74, 6) is 0.462. The van der Waals surface area contributed by atoms with Gasteiger partial charge in [0.25, 0.3) is 5.91 Å². The van der Waals surface area contributed by atoms with Crippen molar-refractivity contribution in [2.24, 2.45) is 7.05 Å². The van der Waals surface area contributed by atoms with Crippen LogP contribution in [0.15, 0.2) is 30.3 Å². The first-order valence-corrected chi connectivity index (χ1v) is 8.38. The molecular formula is C17H19N5OS. The zero-order valence-corrected chi connectivity index (χ0v) is 15.0. The molecule has 0 aliphatic carbocycles. The molecule has 0 atom stereocenters. The van der Waals surface area contributed by atoms with Crippen LogP contribution in [0.3, 0.4) is 0 Å². The normalized spacial score (nSPS) is 10.8. The number of aryl methyl sites for hydroxylation is 2. The number of rotatable bonds is 4. The number of hydrogen-bond donors (Lipinski definition) is 0. The lowest BCUT2D eigenvalue weighted by Crippen LogP contribution is -2.26. The molecule has 0 fully saturated rings. The Labute approximate surface area is 144 Å². The summed E-state index contributed by atoms with van der Waals surface area (Å²) in [5.41, 5.74) is 3.99. The highest BCUT2D eigenvalue weighted by atomic mass is 32.1. The van der Waals surface area contributed by atoms with Crippen LogP contribution in [0, 0.1) is 13.8 Å². The highest BCUT2D eigenvalue weighted by molar-refractivity contribution is 7.07. The minimum absolute atomic E-state index is 0.127. The first kappa shape index (κ1) is 16.3. The lowest BCUT2D eigenvalue weighted by Gasteiger charge is -2.15. The molecule has 0 aliphatic rings. The van der Waals surface area contributed by atoms with Crippen LogP contribution < -0.4 is 0 Å². The fourth-order valence-electron chi connectivity index (χ4n) is 2.53. The van der Waals surface area contributed by atoms with Gasteiger partial charge in [0, 0.05) is 37.5 Å². The number of carbonyl (C=O) groups is 1. The molecular weight excluding hydrogens is 322 g/mol. The monoisotopic (exact) mass is 341 g/mol. The van der Waals surface area contributed by atoms with E-state index in [1.807, 2.05) is 55.9 Å². The van der Waals surface area contributed by atoms with E-state index in [4.69, 9.17) is 0 Å². The summed E-state index contributed by atoms with van der Waals surface area (Å²) in [7, 11) is 3.68. The van der Waals surface area contributed by atoms with E-state index in [0.717, 1.165) is 34.0 Å². The smallest absolute Gasteiger partial charge is 0.284 e. The molecule has 1 aromatic carbocycles.